The van der Waals surface area contributed by atoms with Crippen LogP contribution >= 0.6 is 0 Å². The Labute approximate surface area is 122 Å². The molecular formula is C15H17N5O. The Morgan fingerprint density at radius 2 is 2.33 bits per heavy atom. The quantitative estimate of drug-likeness (QED) is 0.761. The maximum Gasteiger partial charge on any atom is 0.0945 e. The molecule has 0 aliphatic carbocycles. The second-order valence-electron chi connectivity index (χ2n) is 5.33. The number of nitrogens with one attached hydrogen (secondary N) is 2. The van der Waals surface area contributed by atoms with Crippen molar-refractivity contribution in [3.63, 3.8) is 0 Å². The van der Waals surface area contributed by atoms with Gasteiger partial charge in [0.25, 0.3) is 0 Å². The van der Waals surface area contributed by atoms with Gasteiger partial charge in [0.05, 0.1) is 31.5 Å². The van der Waals surface area contributed by atoms with Crippen molar-refractivity contribution in [2.75, 3.05) is 13.2 Å². The summed E-state index contributed by atoms with van der Waals surface area (Å²) in [4.78, 5) is 3.24. The molecule has 2 aromatic heterocycles. The topological polar surface area (TPSA) is 67.8 Å². The van der Waals surface area contributed by atoms with E-state index in [1.807, 2.05) is 17.1 Å². The Morgan fingerprint density at radius 3 is 3.24 bits per heavy atom. The zero-order valence-corrected chi connectivity index (χ0v) is 11.6. The normalized spacial score (nSPS) is 22.1. The Kier molecular flexibility index (Phi) is 3.17. The van der Waals surface area contributed by atoms with E-state index < -0.39 is 0 Å². The molecule has 0 spiro atoms. The summed E-state index contributed by atoms with van der Waals surface area (Å²) in [7, 11) is 0. The third-order valence-corrected chi connectivity index (χ3v) is 4.07. The van der Waals surface area contributed by atoms with Crippen molar-refractivity contribution in [2.45, 2.75) is 18.6 Å². The van der Waals surface area contributed by atoms with E-state index in [4.69, 9.17) is 4.74 Å². The number of benzene rings is 1. The lowest BCUT2D eigenvalue weighted by molar-refractivity contribution is 0.181. The lowest BCUT2D eigenvalue weighted by Gasteiger charge is -2.19. The summed E-state index contributed by atoms with van der Waals surface area (Å²) in [6.07, 6.45) is 5.57. The van der Waals surface area contributed by atoms with Crippen molar-refractivity contribution in [3.05, 3.63) is 48.4 Å². The Hall–Kier alpha value is -2.18. The van der Waals surface area contributed by atoms with Crippen LogP contribution < -0.4 is 5.32 Å². The van der Waals surface area contributed by atoms with Gasteiger partial charge in [0.2, 0.25) is 0 Å². The van der Waals surface area contributed by atoms with E-state index >= 15 is 0 Å². The lowest BCUT2D eigenvalue weighted by Crippen LogP contribution is -2.36. The highest BCUT2D eigenvalue weighted by atomic mass is 16.5. The third kappa shape index (κ3) is 2.32. The van der Waals surface area contributed by atoms with Crippen molar-refractivity contribution in [1.82, 2.24) is 25.3 Å². The van der Waals surface area contributed by atoms with Gasteiger partial charge in [-0.15, -0.1) is 5.10 Å². The molecule has 3 heterocycles. The molecule has 108 valence electrons. The van der Waals surface area contributed by atoms with Gasteiger partial charge in [-0.2, -0.15) is 0 Å². The van der Waals surface area contributed by atoms with Crippen LogP contribution in [0, 0.1) is 0 Å². The molecule has 21 heavy (non-hydrogen) atoms. The molecule has 6 nitrogen and oxygen atoms in total. The number of H-pyrrole nitrogens is 1. The number of hydrogen-bond donors (Lipinski definition) is 2. The number of nitrogens with zero attached hydrogens (tertiary/aromatic N) is 3. The SMILES string of the molecule is c1cc(CN[C@H]2COC[C@H]2n2ccnn2)c2cc[nH]c2c1. The second-order valence-corrected chi connectivity index (χ2v) is 5.33. The van der Waals surface area contributed by atoms with E-state index in [0.717, 1.165) is 6.54 Å². The van der Waals surface area contributed by atoms with Crippen LogP contribution in [0.1, 0.15) is 11.6 Å². The average Bonchev–Trinajstić information content (AvgIpc) is 3.23. The molecular weight excluding hydrogens is 266 g/mol. The number of rotatable bonds is 4. The first-order chi connectivity index (χ1) is 10.4. The van der Waals surface area contributed by atoms with Gasteiger partial charge in [-0.05, 0) is 17.7 Å². The molecule has 0 saturated carbocycles. The summed E-state index contributed by atoms with van der Waals surface area (Å²) in [5.74, 6) is 0. The first-order valence-corrected chi connectivity index (χ1v) is 7.14. The highest BCUT2D eigenvalue weighted by molar-refractivity contribution is 5.82. The van der Waals surface area contributed by atoms with Crippen LogP contribution in [-0.4, -0.2) is 39.2 Å². The van der Waals surface area contributed by atoms with E-state index in [9.17, 15) is 0 Å². The van der Waals surface area contributed by atoms with Gasteiger partial charge in [0.1, 0.15) is 0 Å². The van der Waals surface area contributed by atoms with Crippen LogP contribution in [0.15, 0.2) is 42.9 Å². The van der Waals surface area contributed by atoms with Crippen LogP contribution in [-0.2, 0) is 11.3 Å². The van der Waals surface area contributed by atoms with Crippen molar-refractivity contribution in [1.29, 1.82) is 0 Å². The zero-order chi connectivity index (χ0) is 14.1. The van der Waals surface area contributed by atoms with Gasteiger partial charge in [-0.3, -0.25) is 0 Å². The molecule has 2 N–H and O–H groups in total. The van der Waals surface area contributed by atoms with E-state index in [1.54, 1.807) is 6.20 Å². The fourth-order valence-electron chi connectivity index (χ4n) is 2.94. The largest absolute Gasteiger partial charge is 0.377 e. The van der Waals surface area contributed by atoms with Gasteiger partial charge in [-0.1, -0.05) is 17.3 Å². The maximum atomic E-state index is 5.60. The summed E-state index contributed by atoms with van der Waals surface area (Å²) >= 11 is 0. The van der Waals surface area contributed by atoms with Crippen molar-refractivity contribution < 1.29 is 4.74 Å². The average molecular weight is 283 g/mol. The number of fused-ring (bicyclic) bond motifs is 1. The zero-order valence-electron chi connectivity index (χ0n) is 11.6. The Balaban J connectivity index is 1.50. The molecule has 1 aliphatic rings. The predicted molar refractivity (Wildman–Crippen MR) is 78.8 cm³/mol. The van der Waals surface area contributed by atoms with Crippen LogP contribution in [0.2, 0.25) is 0 Å². The maximum absolute atomic E-state index is 5.60. The predicted octanol–water partition coefficient (Wildman–Crippen LogP) is 1.49. The number of hydrogen-bond acceptors (Lipinski definition) is 4. The Morgan fingerprint density at radius 1 is 1.33 bits per heavy atom. The highest BCUT2D eigenvalue weighted by Gasteiger charge is 2.29. The molecule has 1 fully saturated rings. The van der Waals surface area contributed by atoms with Gasteiger partial charge >= 0.3 is 0 Å². The van der Waals surface area contributed by atoms with Crippen molar-refractivity contribution in [3.8, 4) is 0 Å². The number of aromatic amines is 1. The minimum atomic E-state index is 0.206. The molecule has 0 unspecified atom stereocenters. The fraction of sp³-hybridized carbons (Fsp3) is 0.333. The Bertz CT molecular complexity index is 721. The van der Waals surface area contributed by atoms with E-state index in [0.29, 0.717) is 13.2 Å². The minimum Gasteiger partial charge on any atom is -0.377 e. The number of ether oxygens (including phenoxy) is 1. The van der Waals surface area contributed by atoms with Crippen LogP contribution in [0.3, 0.4) is 0 Å². The molecule has 1 aromatic carbocycles. The molecule has 3 aromatic rings. The minimum absolute atomic E-state index is 0.206. The molecule has 0 radical (unpaired) electrons. The van der Waals surface area contributed by atoms with E-state index in [1.165, 1.54) is 16.5 Å². The summed E-state index contributed by atoms with van der Waals surface area (Å²) in [5, 5.41) is 12.8. The molecule has 1 saturated heterocycles. The standard InChI is InChI=1S/C15H17N5O/c1-2-11(12-4-5-16-13(12)3-1)8-17-14-9-21-10-15(14)20-7-6-18-19-20/h1-7,14-17H,8-10H2/t14-,15+/m0/s1. The van der Waals surface area contributed by atoms with Gasteiger partial charge in [0.15, 0.2) is 0 Å². The summed E-state index contributed by atoms with van der Waals surface area (Å²) in [6.45, 7) is 2.19. The van der Waals surface area contributed by atoms with Crippen molar-refractivity contribution in [2.24, 2.45) is 0 Å². The smallest absolute Gasteiger partial charge is 0.0945 e. The van der Waals surface area contributed by atoms with E-state index in [-0.39, 0.29) is 12.1 Å². The first-order valence-electron chi connectivity index (χ1n) is 7.14. The van der Waals surface area contributed by atoms with Crippen LogP contribution in [0.4, 0.5) is 0 Å². The second kappa shape index (κ2) is 5.31. The molecule has 4 rings (SSSR count). The molecule has 2 atom stereocenters. The summed E-state index contributed by atoms with van der Waals surface area (Å²) in [6, 6.07) is 8.90. The summed E-state index contributed by atoms with van der Waals surface area (Å²) < 4.78 is 7.47. The van der Waals surface area contributed by atoms with E-state index in [2.05, 4.69) is 44.9 Å². The van der Waals surface area contributed by atoms with Gasteiger partial charge in [0, 0.05) is 29.8 Å². The first kappa shape index (κ1) is 12.6. The monoisotopic (exact) mass is 283 g/mol. The molecule has 0 amide bonds. The molecule has 1 aliphatic heterocycles. The summed E-state index contributed by atoms with van der Waals surface area (Å²) in [5.41, 5.74) is 2.46. The highest BCUT2D eigenvalue weighted by Crippen LogP contribution is 2.21. The lowest BCUT2D eigenvalue weighted by atomic mass is 10.1. The molecule has 0 bridgehead atoms. The van der Waals surface area contributed by atoms with Crippen LogP contribution in [0.5, 0.6) is 0 Å². The van der Waals surface area contributed by atoms with Crippen molar-refractivity contribution >= 4 is 10.9 Å². The van der Waals surface area contributed by atoms with Gasteiger partial charge < -0.3 is 15.0 Å². The van der Waals surface area contributed by atoms with Crippen LogP contribution in [0.25, 0.3) is 10.9 Å². The fourth-order valence-corrected chi connectivity index (χ4v) is 2.94. The molecule has 6 heteroatoms. The number of aromatic nitrogens is 4. The van der Waals surface area contributed by atoms with Gasteiger partial charge in [-0.25, -0.2) is 4.68 Å². The third-order valence-electron chi connectivity index (χ3n) is 4.07.